The van der Waals surface area contributed by atoms with E-state index in [0.717, 1.165) is 55.4 Å². The van der Waals surface area contributed by atoms with E-state index in [9.17, 15) is 0 Å². The first-order chi connectivity index (χ1) is 23.3. The minimum absolute atomic E-state index is 0.845. The van der Waals surface area contributed by atoms with Crippen molar-refractivity contribution in [3.63, 3.8) is 0 Å². The predicted octanol–water partition coefficient (Wildman–Crippen LogP) is 13.3. The Labute approximate surface area is 281 Å². The molecule has 0 fully saturated rings. The van der Waals surface area contributed by atoms with Crippen LogP contribution in [-0.2, 0) is 0 Å². The third-order valence-corrected chi connectivity index (χ3v) is 10.7. The zero-order valence-electron chi connectivity index (χ0n) is 25.3. The Morgan fingerprint density at radius 3 is 1.72 bits per heavy atom. The Morgan fingerprint density at radius 1 is 0.404 bits per heavy atom. The molecule has 3 nitrogen and oxygen atoms in total. The molecule has 0 radical (unpaired) electrons. The molecule has 0 aliphatic carbocycles. The highest BCUT2D eigenvalue weighted by molar-refractivity contribution is 7.99. The summed E-state index contributed by atoms with van der Waals surface area (Å²) in [6, 6.07) is 60.1. The summed E-state index contributed by atoms with van der Waals surface area (Å²) < 4.78 is 9.36. The van der Waals surface area contributed by atoms with Crippen molar-refractivity contribution < 1.29 is 4.74 Å². The number of thiophene rings is 1. The van der Waals surface area contributed by atoms with Gasteiger partial charge in [-0.3, -0.25) is 0 Å². The van der Waals surface area contributed by atoms with Gasteiger partial charge in [-0.2, -0.15) is 0 Å². The average molecular weight is 641 g/mol. The Kier molecular flexibility index (Phi) is 6.92. The zero-order valence-corrected chi connectivity index (χ0v) is 26.9. The van der Waals surface area contributed by atoms with Crippen molar-refractivity contribution in [2.24, 2.45) is 0 Å². The predicted molar refractivity (Wildman–Crippen MR) is 199 cm³/mol. The van der Waals surface area contributed by atoms with Crippen molar-refractivity contribution in [3.05, 3.63) is 170 Å². The van der Waals surface area contributed by atoms with Gasteiger partial charge in [-0.1, -0.05) is 103 Å². The van der Waals surface area contributed by atoms with Crippen LogP contribution in [0.15, 0.2) is 180 Å². The summed E-state index contributed by atoms with van der Waals surface area (Å²) in [7, 11) is 0. The standard InChI is InChI=1S/C42H28N2OS2/c1-4-14-29(15-5-1)43(32-24-25-35-34-20-10-12-22-38(34)46-40(35)27-32)33-26-36(42-41(28-33)47-39-23-13-11-21-37(39)45-42)44(30-16-6-2-7-17-30)31-18-8-3-9-19-31/h1-28H. The highest BCUT2D eigenvalue weighted by atomic mass is 32.2. The average Bonchev–Trinajstić information content (AvgIpc) is 3.50. The Morgan fingerprint density at radius 2 is 1.00 bits per heavy atom. The van der Waals surface area contributed by atoms with Gasteiger partial charge in [0.1, 0.15) is 5.75 Å². The number of benzene rings is 7. The van der Waals surface area contributed by atoms with Crippen LogP contribution in [0.3, 0.4) is 0 Å². The first-order valence-corrected chi connectivity index (χ1v) is 17.2. The molecule has 0 N–H and O–H groups in total. The molecule has 47 heavy (non-hydrogen) atoms. The third-order valence-electron chi connectivity index (χ3n) is 8.46. The van der Waals surface area contributed by atoms with Gasteiger partial charge in [0.15, 0.2) is 5.75 Å². The van der Waals surface area contributed by atoms with E-state index in [1.54, 1.807) is 11.8 Å². The third kappa shape index (κ3) is 5.01. The fourth-order valence-corrected chi connectivity index (χ4v) is 8.51. The summed E-state index contributed by atoms with van der Waals surface area (Å²) in [5.41, 5.74) is 6.34. The summed E-state index contributed by atoms with van der Waals surface area (Å²) in [6.45, 7) is 0. The van der Waals surface area contributed by atoms with E-state index in [1.807, 2.05) is 17.4 Å². The molecule has 0 amide bonds. The molecular formula is C42H28N2OS2. The van der Waals surface area contributed by atoms with Crippen LogP contribution < -0.4 is 14.5 Å². The smallest absolute Gasteiger partial charge is 0.165 e. The lowest BCUT2D eigenvalue weighted by atomic mass is 10.1. The Balaban J connectivity index is 1.30. The highest BCUT2D eigenvalue weighted by Crippen LogP contribution is 2.55. The molecule has 0 bridgehead atoms. The second-order valence-corrected chi connectivity index (χ2v) is 13.6. The molecule has 9 rings (SSSR count). The quantitative estimate of drug-likeness (QED) is 0.180. The van der Waals surface area contributed by atoms with Crippen molar-refractivity contribution in [1.82, 2.24) is 0 Å². The van der Waals surface area contributed by atoms with Crippen LogP contribution in [0.4, 0.5) is 34.1 Å². The number of anilines is 6. The van der Waals surface area contributed by atoms with Crippen LogP contribution in [0.25, 0.3) is 20.2 Å². The SMILES string of the molecule is c1ccc(N(c2cc3c(c(N(c4ccccc4)c4ccccc4)c2)Oc2ccccc2S3)c2ccc3c(c2)sc2ccccc23)cc1. The Bertz CT molecular complexity index is 2330. The molecule has 1 aliphatic rings. The van der Waals surface area contributed by atoms with Crippen molar-refractivity contribution in [2.45, 2.75) is 9.79 Å². The molecule has 0 atom stereocenters. The Hall–Kier alpha value is -5.49. The molecule has 1 aliphatic heterocycles. The van der Waals surface area contributed by atoms with Gasteiger partial charge in [0, 0.05) is 48.6 Å². The molecular weight excluding hydrogens is 613 g/mol. The second-order valence-electron chi connectivity index (χ2n) is 11.4. The normalized spacial score (nSPS) is 11.9. The fraction of sp³-hybridized carbons (Fsp3) is 0. The van der Waals surface area contributed by atoms with E-state index >= 15 is 0 Å². The minimum Gasteiger partial charge on any atom is -0.453 e. The van der Waals surface area contributed by atoms with Crippen LogP contribution in [0, 0.1) is 0 Å². The molecule has 8 aromatic rings. The molecule has 224 valence electrons. The number of nitrogens with zero attached hydrogens (tertiary/aromatic N) is 2. The van der Waals surface area contributed by atoms with E-state index in [2.05, 4.69) is 174 Å². The van der Waals surface area contributed by atoms with Gasteiger partial charge in [-0.15, -0.1) is 11.3 Å². The number of fused-ring (bicyclic) bond motifs is 5. The van der Waals surface area contributed by atoms with Crippen LogP contribution >= 0.6 is 23.1 Å². The maximum absolute atomic E-state index is 6.79. The first-order valence-electron chi connectivity index (χ1n) is 15.6. The second kappa shape index (κ2) is 11.7. The lowest BCUT2D eigenvalue weighted by molar-refractivity contribution is 0.456. The number of rotatable bonds is 6. The van der Waals surface area contributed by atoms with Crippen LogP contribution in [-0.4, -0.2) is 0 Å². The molecule has 2 heterocycles. The van der Waals surface area contributed by atoms with Crippen molar-refractivity contribution in [3.8, 4) is 11.5 Å². The van der Waals surface area contributed by atoms with Gasteiger partial charge in [0.25, 0.3) is 0 Å². The first kappa shape index (κ1) is 27.8. The maximum Gasteiger partial charge on any atom is 0.165 e. The number of hydrogen-bond acceptors (Lipinski definition) is 5. The summed E-state index contributed by atoms with van der Waals surface area (Å²) >= 11 is 3.60. The summed E-state index contributed by atoms with van der Waals surface area (Å²) in [5.74, 6) is 1.72. The van der Waals surface area contributed by atoms with E-state index in [-0.39, 0.29) is 0 Å². The highest BCUT2D eigenvalue weighted by Gasteiger charge is 2.28. The maximum atomic E-state index is 6.79. The molecule has 5 heteroatoms. The van der Waals surface area contributed by atoms with E-state index in [1.165, 1.54) is 20.2 Å². The molecule has 0 unspecified atom stereocenters. The van der Waals surface area contributed by atoms with Crippen LogP contribution in [0.1, 0.15) is 0 Å². The summed E-state index contributed by atoms with van der Waals surface area (Å²) in [5, 5.41) is 2.59. The van der Waals surface area contributed by atoms with Gasteiger partial charge in [-0.05, 0) is 78.9 Å². The van der Waals surface area contributed by atoms with Gasteiger partial charge >= 0.3 is 0 Å². The van der Waals surface area contributed by atoms with Gasteiger partial charge in [-0.25, -0.2) is 0 Å². The van der Waals surface area contributed by atoms with Crippen LogP contribution in [0.5, 0.6) is 11.5 Å². The van der Waals surface area contributed by atoms with Gasteiger partial charge in [0.2, 0.25) is 0 Å². The van der Waals surface area contributed by atoms with Gasteiger partial charge < -0.3 is 14.5 Å². The lowest BCUT2D eigenvalue weighted by Gasteiger charge is -2.33. The molecule has 0 saturated carbocycles. The molecule has 0 saturated heterocycles. The van der Waals surface area contributed by atoms with Crippen molar-refractivity contribution in [1.29, 1.82) is 0 Å². The molecule has 7 aromatic carbocycles. The number of para-hydroxylation sites is 4. The monoisotopic (exact) mass is 640 g/mol. The molecule has 1 aromatic heterocycles. The van der Waals surface area contributed by atoms with Crippen LogP contribution in [0.2, 0.25) is 0 Å². The van der Waals surface area contributed by atoms with Gasteiger partial charge in [0.05, 0.1) is 15.5 Å². The van der Waals surface area contributed by atoms with E-state index < -0.39 is 0 Å². The van der Waals surface area contributed by atoms with Crippen molar-refractivity contribution in [2.75, 3.05) is 9.80 Å². The lowest BCUT2D eigenvalue weighted by Crippen LogP contribution is -2.15. The summed E-state index contributed by atoms with van der Waals surface area (Å²) in [6.07, 6.45) is 0. The van der Waals surface area contributed by atoms with E-state index in [0.29, 0.717) is 0 Å². The topological polar surface area (TPSA) is 15.7 Å². The van der Waals surface area contributed by atoms with Crippen molar-refractivity contribution >= 4 is 77.4 Å². The fourth-order valence-electron chi connectivity index (χ4n) is 6.35. The number of ether oxygens (including phenoxy) is 1. The summed E-state index contributed by atoms with van der Waals surface area (Å²) in [4.78, 5) is 6.84. The largest absolute Gasteiger partial charge is 0.453 e. The molecule has 0 spiro atoms. The number of hydrogen-bond donors (Lipinski definition) is 0. The van der Waals surface area contributed by atoms with E-state index in [4.69, 9.17) is 4.74 Å². The minimum atomic E-state index is 0.845. The zero-order chi connectivity index (χ0) is 31.2.